The maximum absolute atomic E-state index is 11.2. The van der Waals surface area contributed by atoms with E-state index in [1.807, 2.05) is 50.1 Å². The van der Waals surface area contributed by atoms with Crippen LogP contribution < -0.4 is 4.74 Å². The van der Waals surface area contributed by atoms with Crippen molar-refractivity contribution in [2.45, 2.75) is 20.4 Å². The Kier molecular flexibility index (Phi) is 5.83. The van der Waals surface area contributed by atoms with E-state index in [2.05, 4.69) is 0 Å². The van der Waals surface area contributed by atoms with Gasteiger partial charge in [-0.25, -0.2) is 0 Å². The van der Waals surface area contributed by atoms with Crippen LogP contribution in [0.25, 0.3) is 0 Å². The Morgan fingerprint density at radius 2 is 1.89 bits per heavy atom. The summed E-state index contributed by atoms with van der Waals surface area (Å²) in [5.74, 6) is -0.0901. The second-order valence-electron chi connectivity index (χ2n) is 5.23. The first-order valence-electron chi connectivity index (χ1n) is 6.48. The van der Waals surface area contributed by atoms with Crippen LogP contribution in [0.1, 0.15) is 19.4 Å². The maximum Gasteiger partial charge on any atom is 0.308 e. The number of carboxylic acid groups (broad SMARTS) is 1. The zero-order chi connectivity index (χ0) is 14.4. The van der Waals surface area contributed by atoms with Gasteiger partial charge in [0.05, 0.1) is 13.0 Å². The zero-order valence-corrected chi connectivity index (χ0v) is 12.1. The lowest BCUT2D eigenvalue weighted by Crippen LogP contribution is -2.33. The molecule has 4 heteroatoms. The first kappa shape index (κ1) is 15.5. The predicted octanol–water partition coefficient (Wildman–Crippen LogP) is 2.48. The largest absolute Gasteiger partial charge is 0.497 e. The number of carbonyl (C=O) groups is 1. The Balaban J connectivity index is 2.58. The van der Waals surface area contributed by atoms with E-state index in [0.717, 1.165) is 17.9 Å². The van der Waals surface area contributed by atoms with E-state index in [1.54, 1.807) is 7.11 Å². The molecule has 0 aromatic heterocycles. The summed E-state index contributed by atoms with van der Waals surface area (Å²) in [6, 6.07) is 7.83. The highest BCUT2D eigenvalue weighted by Crippen LogP contribution is 2.16. The molecule has 0 radical (unpaired) electrons. The molecule has 0 bridgehead atoms. The quantitative estimate of drug-likeness (QED) is 0.823. The number of rotatable bonds is 7. The molecule has 0 aliphatic heterocycles. The monoisotopic (exact) mass is 265 g/mol. The van der Waals surface area contributed by atoms with Crippen LogP contribution in [0.3, 0.4) is 0 Å². The molecule has 1 aromatic carbocycles. The van der Waals surface area contributed by atoms with Gasteiger partial charge >= 0.3 is 5.97 Å². The molecule has 4 nitrogen and oxygen atoms in total. The fraction of sp³-hybridized carbons (Fsp3) is 0.533. The molecule has 1 N–H and O–H groups in total. The normalized spacial score (nSPS) is 12.7. The number of hydrogen-bond acceptors (Lipinski definition) is 3. The van der Waals surface area contributed by atoms with E-state index in [9.17, 15) is 9.90 Å². The van der Waals surface area contributed by atoms with Crippen LogP contribution in [0.4, 0.5) is 0 Å². The molecule has 0 fully saturated rings. The molecule has 0 aliphatic carbocycles. The fourth-order valence-corrected chi connectivity index (χ4v) is 2.02. The Morgan fingerprint density at radius 1 is 1.32 bits per heavy atom. The number of nitrogens with zero attached hydrogens (tertiary/aromatic N) is 1. The average molecular weight is 265 g/mol. The highest BCUT2D eigenvalue weighted by molar-refractivity contribution is 5.70. The Bertz CT molecular complexity index is 400. The summed E-state index contributed by atoms with van der Waals surface area (Å²) < 4.78 is 5.11. The molecule has 0 spiro atoms. The van der Waals surface area contributed by atoms with Crippen LogP contribution in [0.15, 0.2) is 24.3 Å². The maximum atomic E-state index is 11.2. The van der Waals surface area contributed by atoms with E-state index in [1.165, 1.54) is 0 Å². The number of aliphatic carboxylic acids is 1. The summed E-state index contributed by atoms with van der Waals surface area (Å²) in [5.41, 5.74) is 1.15. The number of methoxy groups -OCH3 is 1. The van der Waals surface area contributed by atoms with Crippen LogP contribution in [0, 0.1) is 11.8 Å². The molecule has 0 heterocycles. The zero-order valence-electron chi connectivity index (χ0n) is 12.1. The second kappa shape index (κ2) is 7.14. The van der Waals surface area contributed by atoms with E-state index >= 15 is 0 Å². The van der Waals surface area contributed by atoms with E-state index in [4.69, 9.17) is 4.74 Å². The van der Waals surface area contributed by atoms with E-state index < -0.39 is 5.97 Å². The van der Waals surface area contributed by atoms with Gasteiger partial charge in [-0.05, 0) is 30.7 Å². The van der Waals surface area contributed by atoms with Gasteiger partial charge in [0.1, 0.15) is 5.75 Å². The van der Waals surface area contributed by atoms with Crippen molar-refractivity contribution >= 4 is 5.97 Å². The first-order chi connectivity index (χ1) is 8.93. The summed E-state index contributed by atoms with van der Waals surface area (Å²) in [4.78, 5) is 13.2. The second-order valence-corrected chi connectivity index (χ2v) is 5.23. The Hall–Kier alpha value is -1.55. The Morgan fingerprint density at radius 3 is 2.32 bits per heavy atom. The smallest absolute Gasteiger partial charge is 0.308 e. The number of benzene rings is 1. The van der Waals surface area contributed by atoms with Gasteiger partial charge in [-0.15, -0.1) is 0 Å². The van der Waals surface area contributed by atoms with Crippen LogP contribution in [0.2, 0.25) is 0 Å². The van der Waals surface area contributed by atoms with Gasteiger partial charge in [-0.3, -0.25) is 4.79 Å². The van der Waals surface area contributed by atoms with E-state index in [0.29, 0.717) is 6.54 Å². The summed E-state index contributed by atoms with van der Waals surface area (Å²) in [6.07, 6.45) is 0. The van der Waals surface area contributed by atoms with Gasteiger partial charge in [0.2, 0.25) is 0 Å². The molecule has 1 rings (SSSR count). The van der Waals surface area contributed by atoms with Gasteiger partial charge in [0.15, 0.2) is 0 Å². The lowest BCUT2D eigenvalue weighted by molar-refractivity contribution is -0.144. The van der Waals surface area contributed by atoms with Gasteiger partial charge in [-0.1, -0.05) is 26.0 Å². The molecule has 0 saturated carbocycles. The van der Waals surface area contributed by atoms with Crippen molar-refractivity contribution in [3.8, 4) is 5.75 Å². The topological polar surface area (TPSA) is 49.8 Å². The predicted molar refractivity (Wildman–Crippen MR) is 75.3 cm³/mol. The highest BCUT2D eigenvalue weighted by Gasteiger charge is 2.22. The van der Waals surface area contributed by atoms with Crippen molar-refractivity contribution < 1.29 is 14.6 Å². The van der Waals surface area contributed by atoms with Gasteiger partial charge in [0, 0.05) is 13.1 Å². The standard InChI is InChI=1S/C15H23NO3/c1-11(2)14(15(17)18)10-16(3)9-12-5-7-13(19-4)8-6-12/h5-8,11,14H,9-10H2,1-4H3,(H,17,18). The lowest BCUT2D eigenvalue weighted by Gasteiger charge is -2.23. The highest BCUT2D eigenvalue weighted by atomic mass is 16.5. The molecule has 0 aliphatic rings. The number of hydrogen-bond donors (Lipinski definition) is 1. The van der Waals surface area contributed by atoms with Crippen molar-refractivity contribution in [3.63, 3.8) is 0 Å². The molecule has 1 unspecified atom stereocenters. The van der Waals surface area contributed by atoms with Crippen molar-refractivity contribution in [2.24, 2.45) is 11.8 Å². The van der Waals surface area contributed by atoms with Crippen LogP contribution >= 0.6 is 0 Å². The minimum atomic E-state index is -0.725. The molecule has 106 valence electrons. The molecule has 1 aromatic rings. The van der Waals surface area contributed by atoms with Crippen molar-refractivity contribution in [3.05, 3.63) is 29.8 Å². The fourth-order valence-electron chi connectivity index (χ4n) is 2.02. The van der Waals surface area contributed by atoms with Gasteiger partial charge in [0.25, 0.3) is 0 Å². The molecule has 0 amide bonds. The summed E-state index contributed by atoms with van der Waals surface area (Å²) in [7, 11) is 3.59. The average Bonchev–Trinajstić information content (AvgIpc) is 2.36. The summed E-state index contributed by atoms with van der Waals surface area (Å²) >= 11 is 0. The molecule has 1 atom stereocenters. The third kappa shape index (κ3) is 4.91. The first-order valence-corrected chi connectivity index (χ1v) is 6.48. The lowest BCUT2D eigenvalue weighted by atomic mass is 9.95. The van der Waals surface area contributed by atoms with Crippen LogP contribution in [-0.4, -0.2) is 36.7 Å². The SMILES string of the molecule is COc1ccc(CN(C)CC(C(=O)O)C(C)C)cc1. The minimum Gasteiger partial charge on any atom is -0.497 e. The third-order valence-corrected chi connectivity index (χ3v) is 3.24. The van der Waals surface area contributed by atoms with Crippen molar-refractivity contribution in [1.29, 1.82) is 0 Å². The molecule has 0 saturated heterocycles. The third-order valence-electron chi connectivity index (χ3n) is 3.24. The van der Waals surface area contributed by atoms with Crippen molar-refractivity contribution in [1.82, 2.24) is 4.90 Å². The van der Waals surface area contributed by atoms with Gasteiger partial charge in [-0.2, -0.15) is 0 Å². The summed E-state index contributed by atoms with van der Waals surface area (Å²) in [5, 5.41) is 9.18. The Labute approximate surface area is 115 Å². The number of ether oxygens (including phenoxy) is 1. The number of carboxylic acids is 1. The van der Waals surface area contributed by atoms with Gasteiger partial charge < -0.3 is 14.7 Å². The minimum absolute atomic E-state index is 0.135. The molecular formula is C15H23NO3. The van der Waals surface area contributed by atoms with Crippen LogP contribution in [0.5, 0.6) is 5.75 Å². The van der Waals surface area contributed by atoms with E-state index in [-0.39, 0.29) is 11.8 Å². The molecular weight excluding hydrogens is 242 g/mol. The van der Waals surface area contributed by atoms with Crippen molar-refractivity contribution in [2.75, 3.05) is 20.7 Å². The van der Waals surface area contributed by atoms with Crippen LogP contribution in [-0.2, 0) is 11.3 Å². The molecule has 19 heavy (non-hydrogen) atoms. The summed E-state index contributed by atoms with van der Waals surface area (Å²) in [6.45, 7) is 5.18.